The molecule has 1 amide bonds. The molecule has 0 radical (unpaired) electrons. The van der Waals surface area contributed by atoms with Crippen LogP contribution in [-0.4, -0.2) is 46.1 Å². The van der Waals surface area contributed by atoms with Crippen LogP contribution in [0.15, 0.2) is 0 Å². The molecule has 1 heterocycles. The molecule has 1 aliphatic rings. The summed E-state index contributed by atoms with van der Waals surface area (Å²) >= 11 is 0. The maximum absolute atomic E-state index is 12.1. The number of carboxylic acid groups (broad SMARTS) is 1. The molecule has 2 atom stereocenters. The first kappa shape index (κ1) is 15.0. The van der Waals surface area contributed by atoms with Gasteiger partial charge in [0.15, 0.2) is 0 Å². The van der Waals surface area contributed by atoms with Crippen molar-refractivity contribution in [1.29, 1.82) is 0 Å². The topological polar surface area (TPSA) is 69.6 Å². The van der Waals surface area contributed by atoms with Crippen LogP contribution in [0, 0.1) is 0 Å². The Kier molecular flexibility index (Phi) is 4.73. The summed E-state index contributed by atoms with van der Waals surface area (Å²) in [6.45, 7) is 8.47. The third kappa shape index (κ3) is 4.29. The SMILES string of the molecule is CC(C(=O)NC(C)(C)C)N1CCCC1CC(=O)O. The van der Waals surface area contributed by atoms with Crippen LogP contribution in [0.3, 0.4) is 0 Å². The molecule has 104 valence electrons. The molecule has 1 fully saturated rings. The standard InChI is InChI=1S/C13H24N2O3/c1-9(12(18)14-13(2,3)4)15-7-5-6-10(15)8-11(16)17/h9-10H,5-8H2,1-4H3,(H,14,18)(H,16,17). The molecule has 1 saturated heterocycles. The minimum absolute atomic E-state index is 0.0109. The van der Waals surface area contributed by atoms with Crippen LogP contribution in [0.4, 0.5) is 0 Å². The molecule has 18 heavy (non-hydrogen) atoms. The van der Waals surface area contributed by atoms with Crippen LogP contribution < -0.4 is 5.32 Å². The maximum atomic E-state index is 12.1. The molecular weight excluding hydrogens is 232 g/mol. The molecule has 0 bridgehead atoms. The minimum atomic E-state index is -0.796. The van der Waals surface area contributed by atoms with Gasteiger partial charge in [0.25, 0.3) is 0 Å². The lowest BCUT2D eigenvalue weighted by molar-refractivity contribution is -0.139. The first-order valence-electron chi connectivity index (χ1n) is 6.50. The van der Waals surface area contributed by atoms with E-state index in [0.29, 0.717) is 0 Å². The summed E-state index contributed by atoms with van der Waals surface area (Å²) in [5, 5.41) is 11.8. The Morgan fingerprint density at radius 2 is 2.06 bits per heavy atom. The summed E-state index contributed by atoms with van der Waals surface area (Å²) in [5.74, 6) is -0.824. The van der Waals surface area contributed by atoms with Crippen LogP contribution in [0.2, 0.25) is 0 Å². The Bertz CT molecular complexity index is 323. The van der Waals surface area contributed by atoms with E-state index in [-0.39, 0.29) is 30.0 Å². The van der Waals surface area contributed by atoms with Gasteiger partial charge in [-0.3, -0.25) is 14.5 Å². The van der Waals surface area contributed by atoms with Crippen molar-refractivity contribution in [3.8, 4) is 0 Å². The molecule has 0 aromatic carbocycles. The zero-order valence-corrected chi connectivity index (χ0v) is 11.7. The van der Waals surface area contributed by atoms with Gasteiger partial charge >= 0.3 is 5.97 Å². The molecule has 0 aliphatic carbocycles. The molecule has 5 heteroatoms. The first-order chi connectivity index (χ1) is 8.20. The second-order valence-electron chi connectivity index (χ2n) is 6.05. The van der Waals surface area contributed by atoms with Crippen LogP contribution in [0.1, 0.15) is 47.0 Å². The van der Waals surface area contributed by atoms with Gasteiger partial charge in [0.2, 0.25) is 5.91 Å². The zero-order chi connectivity index (χ0) is 13.9. The number of likely N-dealkylation sites (tertiary alicyclic amines) is 1. The molecule has 0 aromatic rings. The van der Waals surface area contributed by atoms with E-state index in [0.717, 1.165) is 19.4 Å². The van der Waals surface area contributed by atoms with Crippen molar-refractivity contribution in [3.63, 3.8) is 0 Å². The number of nitrogens with one attached hydrogen (secondary N) is 1. The molecule has 1 aliphatic heterocycles. The summed E-state index contributed by atoms with van der Waals surface area (Å²) in [6.07, 6.45) is 1.94. The number of carboxylic acids is 1. The van der Waals surface area contributed by atoms with Gasteiger partial charge in [0.05, 0.1) is 12.5 Å². The van der Waals surface area contributed by atoms with Gasteiger partial charge in [-0.2, -0.15) is 0 Å². The van der Waals surface area contributed by atoms with Crippen LogP contribution in [-0.2, 0) is 9.59 Å². The van der Waals surface area contributed by atoms with Gasteiger partial charge in [0, 0.05) is 11.6 Å². The van der Waals surface area contributed by atoms with Crippen molar-refractivity contribution in [2.24, 2.45) is 0 Å². The minimum Gasteiger partial charge on any atom is -0.481 e. The Morgan fingerprint density at radius 3 is 2.56 bits per heavy atom. The molecule has 0 aromatic heterocycles. The Balaban J connectivity index is 2.62. The molecule has 0 spiro atoms. The van der Waals surface area contributed by atoms with Crippen LogP contribution >= 0.6 is 0 Å². The quantitative estimate of drug-likeness (QED) is 0.793. The van der Waals surface area contributed by atoms with E-state index in [9.17, 15) is 9.59 Å². The smallest absolute Gasteiger partial charge is 0.304 e. The Morgan fingerprint density at radius 1 is 1.44 bits per heavy atom. The van der Waals surface area contributed by atoms with Crippen molar-refractivity contribution in [2.75, 3.05) is 6.54 Å². The maximum Gasteiger partial charge on any atom is 0.304 e. The van der Waals surface area contributed by atoms with E-state index in [1.54, 1.807) is 0 Å². The summed E-state index contributed by atoms with van der Waals surface area (Å²) < 4.78 is 0. The number of aliphatic carboxylic acids is 1. The monoisotopic (exact) mass is 256 g/mol. The summed E-state index contributed by atoms with van der Waals surface area (Å²) in [6, 6.07) is -0.278. The lowest BCUT2D eigenvalue weighted by Crippen LogP contribution is -2.52. The second kappa shape index (κ2) is 5.69. The van der Waals surface area contributed by atoms with E-state index < -0.39 is 5.97 Å². The average molecular weight is 256 g/mol. The van der Waals surface area contributed by atoms with E-state index in [1.165, 1.54) is 0 Å². The molecule has 2 unspecified atom stereocenters. The molecule has 5 nitrogen and oxygen atoms in total. The number of nitrogens with zero attached hydrogens (tertiary/aromatic N) is 1. The van der Waals surface area contributed by atoms with Gasteiger partial charge in [-0.05, 0) is 47.1 Å². The van der Waals surface area contributed by atoms with Crippen LogP contribution in [0.5, 0.6) is 0 Å². The third-order valence-electron chi connectivity index (χ3n) is 3.21. The highest BCUT2D eigenvalue weighted by molar-refractivity contribution is 5.82. The summed E-state index contributed by atoms with van der Waals surface area (Å²) in [4.78, 5) is 24.9. The molecule has 0 saturated carbocycles. The van der Waals surface area contributed by atoms with E-state index in [4.69, 9.17) is 5.11 Å². The highest BCUT2D eigenvalue weighted by atomic mass is 16.4. The first-order valence-corrected chi connectivity index (χ1v) is 6.50. The van der Waals surface area contributed by atoms with Crippen molar-refractivity contribution >= 4 is 11.9 Å². The van der Waals surface area contributed by atoms with Crippen LogP contribution in [0.25, 0.3) is 0 Å². The Labute approximate surface area is 109 Å². The predicted molar refractivity (Wildman–Crippen MR) is 69.3 cm³/mol. The summed E-state index contributed by atoms with van der Waals surface area (Å²) in [7, 11) is 0. The van der Waals surface area contributed by atoms with E-state index >= 15 is 0 Å². The number of amides is 1. The highest BCUT2D eigenvalue weighted by Gasteiger charge is 2.34. The van der Waals surface area contributed by atoms with Gasteiger partial charge in [-0.25, -0.2) is 0 Å². The number of rotatable bonds is 4. The zero-order valence-electron chi connectivity index (χ0n) is 11.7. The van der Waals surface area contributed by atoms with Gasteiger partial charge in [-0.1, -0.05) is 0 Å². The number of carbonyl (C=O) groups excluding carboxylic acids is 1. The largest absolute Gasteiger partial charge is 0.481 e. The number of hydrogen-bond donors (Lipinski definition) is 2. The van der Waals surface area contributed by atoms with Gasteiger partial charge in [-0.15, -0.1) is 0 Å². The van der Waals surface area contributed by atoms with Crippen molar-refractivity contribution in [2.45, 2.75) is 64.6 Å². The lowest BCUT2D eigenvalue weighted by Gasteiger charge is -2.31. The third-order valence-corrected chi connectivity index (χ3v) is 3.21. The van der Waals surface area contributed by atoms with E-state index in [2.05, 4.69) is 5.32 Å². The number of hydrogen-bond acceptors (Lipinski definition) is 3. The second-order valence-corrected chi connectivity index (χ2v) is 6.05. The number of carbonyl (C=O) groups is 2. The van der Waals surface area contributed by atoms with Crippen molar-refractivity contribution < 1.29 is 14.7 Å². The average Bonchev–Trinajstić information content (AvgIpc) is 2.60. The molecule has 1 rings (SSSR count). The van der Waals surface area contributed by atoms with Crippen molar-refractivity contribution in [1.82, 2.24) is 10.2 Å². The van der Waals surface area contributed by atoms with Crippen molar-refractivity contribution in [3.05, 3.63) is 0 Å². The summed E-state index contributed by atoms with van der Waals surface area (Å²) in [5.41, 5.74) is -0.257. The fourth-order valence-electron chi connectivity index (χ4n) is 2.41. The fourth-order valence-corrected chi connectivity index (χ4v) is 2.41. The molecule has 2 N–H and O–H groups in total. The fraction of sp³-hybridized carbons (Fsp3) is 0.846. The molecular formula is C13H24N2O3. The van der Waals surface area contributed by atoms with Gasteiger partial charge < -0.3 is 10.4 Å². The lowest BCUT2D eigenvalue weighted by atomic mass is 10.1. The van der Waals surface area contributed by atoms with E-state index in [1.807, 2.05) is 32.6 Å². The normalized spacial score (nSPS) is 22.8. The van der Waals surface area contributed by atoms with Gasteiger partial charge in [0.1, 0.15) is 0 Å². The Hall–Kier alpha value is -1.10. The highest BCUT2D eigenvalue weighted by Crippen LogP contribution is 2.23. The predicted octanol–water partition coefficient (Wildman–Crippen LogP) is 1.23.